The average molecular weight is 284 g/mol. The van der Waals surface area contributed by atoms with Gasteiger partial charge in [-0.2, -0.15) is 0 Å². The van der Waals surface area contributed by atoms with Crippen LogP contribution in [0, 0.1) is 10.1 Å². The van der Waals surface area contributed by atoms with Crippen molar-refractivity contribution in [1.82, 2.24) is 4.90 Å². The average Bonchev–Trinajstić information content (AvgIpc) is 3.12. The fourth-order valence-corrected chi connectivity index (χ4v) is 2.77. The molecule has 0 radical (unpaired) electrons. The molecule has 1 aromatic rings. The van der Waals surface area contributed by atoms with Crippen LogP contribution in [0.5, 0.6) is 0 Å². The summed E-state index contributed by atoms with van der Waals surface area (Å²) < 4.78 is 4.77. The molecule has 0 bridgehead atoms. The SMILES string of the molecule is COC(=O)[C@@H](C)N(Cc1csc([N+](=O)[O-])c1)C1CC1. The first-order chi connectivity index (χ1) is 9.02. The van der Waals surface area contributed by atoms with Gasteiger partial charge in [0, 0.05) is 24.0 Å². The molecular formula is C12H16N2O4S. The van der Waals surface area contributed by atoms with Gasteiger partial charge in [-0.25, -0.2) is 0 Å². The van der Waals surface area contributed by atoms with Crippen LogP contribution >= 0.6 is 11.3 Å². The summed E-state index contributed by atoms with van der Waals surface area (Å²) in [5.41, 5.74) is 0.874. The first-order valence-corrected chi connectivity index (χ1v) is 6.96. The number of methoxy groups -OCH3 is 1. The van der Waals surface area contributed by atoms with Crippen molar-refractivity contribution in [3.63, 3.8) is 0 Å². The zero-order valence-electron chi connectivity index (χ0n) is 10.9. The van der Waals surface area contributed by atoms with Crippen LogP contribution in [-0.4, -0.2) is 35.0 Å². The molecule has 1 heterocycles. The minimum absolute atomic E-state index is 0.136. The van der Waals surface area contributed by atoms with E-state index in [-0.39, 0.29) is 21.9 Å². The third kappa shape index (κ3) is 3.30. The zero-order valence-corrected chi connectivity index (χ0v) is 11.7. The summed E-state index contributed by atoms with van der Waals surface area (Å²) in [4.78, 5) is 23.9. The highest BCUT2D eigenvalue weighted by Crippen LogP contribution is 2.32. The van der Waals surface area contributed by atoms with Gasteiger partial charge in [-0.3, -0.25) is 19.8 Å². The number of nitrogens with zero attached hydrogens (tertiary/aromatic N) is 2. The lowest BCUT2D eigenvalue weighted by molar-refractivity contribution is -0.380. The molecule has 1 aliphatic carbocycles. The quantitative estimate of drug-likeness (QED) is 0.455. The third-order valence-electron chi connectivity index (χ3n) is 3.24. The molecule has 1 fully saturated rings. The molecule has 19 heavy (non-hydrogen) atoms. The Bertz CT molecular complexity index is 484. The first-order valence-electron chi connectivity index (χ1n) is 6.08. The van der Waals surface area contributed by atoms with E-state index in [4.69, 9.17) is 4.74 Å². The molecular weight excluding hydrogens is 268 g/mol. The number of nitro groups is 1. The summed E-state index contributed by atoms with van der Waals surface area (Å²) in [5, 5.41) is 12.6. The molecule has 0 aromatic carbocycles. The lowest BCUT2D eigenvalue weighted by Gasteiger charge is -2.26. The second-order valence-electron chi connectivity index (χ2n) is 4.65. The van der Waals surface area contributed by atoms with Crippen LogP contribution in [0.3, 0.4) is 0 Å². The molecule has 7 heteroatoms. The second-order valence-corrected chi connectivity index (χ2v) is 5.54. The second kappa shape index (κ2) is 5.66. The summed E-state index contributed by atoms with van der Waals surface area (Å²) in [6, 6.07) is 1.63. The first kappa shape index (κ1) is 14.0. The monoisotopic (exact) mass is 284 g/mol. The van der Waals surface area contributed by atoms with Crippen molar-refractivity contribution < 1.29 is 14.5 Å². The topological polar surface area (TPSA) is 72.7 Å². The van der Waals surface area contributed by atoms with Crippen molar-refractivity contribution in [2.45, 2.75) is 38.4 Å². The molecule has 0 saturated heterocycles. The van der Waals surface area contributed by atoms with Gasteiger partial charge in [0.1, 0.15) is 6.04 Å². The van der Waals surface area contributed by atoms with E-state index < -0.39 is 0 Å². The molecule has 0 amide bonds. The fourth-order valence-electron chi connectivity index (χ4n) is 2.05. The Morgan fingerprint density at radius 1 is 1.68 bits per heavy atom. The highest BCUT2D eigenvalue weighted by atomic mass is 32.1. The smallest absolute Gasteiger partial charge is 0.324 e. The highest BCUT2D eigenvalue weighted by molar-refractivity contribution is 7.13. The molecule has 0 unspecified atom stereocenters. The van der Waals surface area contributed by atoms with E-state index in [9.17, 15) is 14.9 Å². The maximum atomic E-state index is 11.6. The number of hydrogen-bond acceptors (Lipinski definition) is 6. The number of carbonyl (C=O) groups is 1. The number of rotatable bonds is 6. The van der Waals surface area contributed by atoms with Crippen LogP contribution in [0.1, 0.15) is 25.3 Å². The molecule has 0 aliphatic heterocycles. The minimum atomic E-state index is -0.390. The van der Waals surface area contributed by atoms with Crippen molar-refractivity contribution in [2.24, 2.45) is 0 Å². The lowest BCUT2D eigenvalue weighted by atomic mass is 10.2. The number of thiophene rings is 1. The van der Waals surface area contributed by atoms with Crippen molar-refractivity contribution in [1.29, 1.82) is 0 Å². The Kier molecular flexibility index (Phi) is 4.16. The molecule has 0 N–H and O–H groups in total. The van der Waals surface area contributed by atoms with Gasteiger partial charge in [0.2, 0.25) is 0 Å². The zero-order chi connectivity index (χ0) is 14.0. The molecule has 6 nitrogen and oxygen atoms in total. The maximum Gasteiger partial charge on any atom is 0.324 e. The summed E-state index contributed by atoms with van der Waals surface area (Å²) in [5.74, 6) is -0.267. The Hall–Kier alpha value is -1.47. The van der Waals surface area contributed by atoms with E-state index in [2.05, 4.69) is 4.90 Å². The molecule has 1 atom stereocenters. The van der Waals surface area contributed by atoms with Gasteiger partial charge in [0.15, 0.2) is 0 Å². The number of ether oxygens (including phenoxy) is 1. The van der Waals surface area contributed by atoms with Crippen molar-refractivity contribution >= 4 is 22.3 Å². The standard InChI is InChI=1S/C12H16N2O4S/c1-8(12(15)18-2)13(10-3-4-10)6-9-5-11(14(16)17)19-7-9/h5,7-8,10H,3-4,6H2,1-2H3/t8-/m1/s1. The van der Waals surface area contributed by atoms with Crippen LogP contribution in [0.4, 0.5) is 5.00 Å². The van der Waals surface area contributed by atoms with Gasteiger partial charge in [-0.05, 0) is 25.3 Å². The molecule has 2 rings (SSSR count). The van der Waals surface area contributed by atoms with Crippen molar-refractivity contribution in [3.8, 4) is 0 Å². The summed E-state index contributed by atoms with van der Waals surface area (Å²) in [6.45, 7) is 2.36. The highest BCUT2D eigenvalue weighted by Gasteiger charge is 2.35. The van der Waals surface area contributed by atoms with Gasteiger partial charge in [-0.1, -0.05) is 11.3 Å². The third-order valence-corrected chi connectivity index (χ3v) is 4.17. The van der Waals surface area contributed by atoms with Gasteiger partial charge in [0.05, 0.1) is 12.0 Å². The number of hydrogen-bond donors (Lipinski definition) is 0. The van der Waals surface area contributed by atoms with Crippen LogP contribution in [0.15, 0.2) is 11.4 Å². The van der Waals surface area contributed by atoms with Crippen LogP contribution in [0.2, 0.25) is 0 Å². The predicted molar refractivity (Wildman–Crippen MR) is 71.0 cm³/mol. The summed E-state index contributed by atoms with van der Waals surface area (Å²) in [6.07, 6.45) is 2.13. The predicted octanol–water partition coefficient (Wildman–Crippen LogP) is 2.18. The van der Waals surface area contributed by atoms with Gasteiger partial charge in [0.25, 0.3) is 0 Å². The fraction of sp³-hybridized carbons (Fsp3) is 0.583. The molecule has 1 aromatic heterocycles. The van der Waals surface area contributed by atoms with Gasteiger partial charge >= 0.3 is 11.0 Å². The Morgan fingerprint density at radius 2 is 2.37 bits per heavy atom. The molecule has 1 aliphatic rings. The van der Waals surface area contributed by atoms with Crippen molar-refractivity contribution in [3.05, 3.63) is 27.1 Å². The van der Waals surface area contributed by atoms with Crippen molar-refractivity contribution in [2.75, 3.05) is 7.11 Å². The van der Waals surface area contributed by atoms with Crippen LogP contribution in [-0.2, 0) is 16.1 Å². The Balaban J connectivity index is 2.07. The molecule has 104 valence electrons. The van der Waals surface area contributed by atoms with Crippen LogP contribution < -0.4 is 0 Å². The van der Waals surface area contributed by atoms with Gasteiger partial charge < -0.3 is 4.74 Å². The van der Waals surface area contributed by atoms with E-state index in [0.717, 1.165) is 29.7 Å². The molecule has 1 saturated carbocycles. The van der Waals surface area contributed by atoms with E-state index >= 15 is 0 Å². The van der Waals surface area contributed by atoms with E-state index in [1.54, 1.807) is 11.4 Å². The Morgan fingerprint density at radius 3 is 2.84 bits per heavy atom. The van der Waals surface area contributed by atoms with Gasteiger partial charge in [-0.15, -0.1) is 0 Å². The number of carbonyl (C=O) groups excluding carboxylic acids is 1. The van der Waals surface area contributed by atoms with E-state index in [1.807, 2.05) is 6.92 Å². The largest absolute Gasteiger partial charge is 0.468 e. The number of esters is 1. The normalized spacial score (nSPS) is 16.4. The maximum absolute atomic E-state index is 11.6. The van der Waals surface area contributed by atoms with Crippen LogP contribution in [0.25, 0.3) is 0 Å². The molecule has 0 spiro atoms. The summed E-state index contributed by atoms with van der Waals surface area (Å²) >= 11 is 1.12. The van der Waals surface area contributed by atoms with E-state index in [1.165, 1.54) is 7.11 Å². The minimum Gasteiger partial charge on any atom is -0.468 e. The summed E-state index contributed by atoms with van der Waals surface area (Å²) in [7, 11) is 1.37. The lowest BCUT2D eigenvalue weighted by Crippen LogP contribution is -2.40. The Labute approximate surface area is 115 Å². The van der Waals surface area contributed by atoms with E-state index in [0.29, 0.717) is 12.6 Å².